The number of hydrogen-bond donors (Lipinski definition) is 1. The fraction of sp³-hybridized carbons (Fsp3) is 0.458. The first-order valence-electron chi connectivity index (χ1n) is 11.3. The molecule has 3 aromatic rings. The molecular formula is C24H27FN4O3. The third-order valence-corrected chi connectivity index (χ3v) is 6.23. The maximum absolute atomic E-state index is 13.4. The van der Waals surface area contributed by atoms with Crippen molar-refractivity contribution in [2.75, 3.05) is 31.7 Å². The van der Waals surface area contributed by atoms with Crippen molar-refractivity contribution in [2.45, 2.75) is 38.3 Å². The van der Waals surface area contributed by atoms with Gasteiger partial charge in [0, 0.05) is 38.5 Å². The molecule has 4 heterocycles. The van der Waals surface area contributed by atoms with E-state index in [0.717, 1.165) is 37.9 Å². The molecule has 5 rings (SSSR count). The summed E-state index contributed by atoms with van der Waals surface area (Å²) in [7, 11) is 0. The zero-order valence-corrected chi connectivity index (χ0v) is 17.9. The highest BCUT2D eigenvalue weighted by Gasteiger charge is 2.21. The first-order valence-corrected chi connectivity index (χ1v) is 11.3. The summed E-state index contributed by atoms with van der Waals surface area (Å²) < 4.78 is 26.3. The molecule has 0 bridgehead atoms. The van der Waals surface area contributed by atoms with E-state index in [2.05, 4.69) is 10.3 Å². The smallest absolute Gasteiger partial charge is 0.294 e. The second-order valence-corrected chi connectivity index (χ2v) is 8.49. The molecule has 0 radical (unpaired) electrons. The van der Waals surface area contributed by atoms with Crippen molar-refractivity contribution < 1.29 is 13.9 Å². The summed E-state index contributed by atoms with van der Waals surface area (Å²) in [5.41, 5.74) is 2.49. The van der Waals surface area contributed by atoms with Gasteiger partial charge in [0.2, 0.25) is 0 Å². The minimum atomic E-state index is -0.297. The van der Waals surface area contributed by atoms with E-state index in [1.165, 1.54) is 12.1 Å². The fourth-order valence-electron chi connectivity index (χ4n) is 4.39. The molecule has 1 atom stereocenters. The Bertz CT molecular complexity index is 1140. The van der Waals surface area contributed by atoms with Gasteiger partial charge in [-0.05, 0) is 68.0 Å². The van der Waals surface area contributed by atoms with Gasteiger partial charge in [0.1, 0.15) is 11.3 Å². The quantitative estimate of drug-likeness (QED) is 0.634. The topological polar surface area (TPSA) is 78.3 Å². The Kier molecular flexibility index (Phi) is 6.14. The van der Waals surface area contributed by atoms with Crippen molar-refractivity contribution in [2.24, 2.45) is 5.92 Å². The lowest BCUT2D eigenvalue weighted by Gasteiger charge is -2.23. The Balaban J connectivity index is 1.54. The summed E-state index contributed by atoms with van der Waals surface area (Å²) in [6.45, 7) is 3.31. The number of benzene rings is 1. The summed E-state index contributed by atoms with van der Waals surface area (Å²) >= 11 is 0. The van der Waals surface area contributed by atoms with E-state index < -0.39 is 0 Å². The number of halogens is 1. The van der Waals surface area contributed by atoms with Gasteiger partial charge in [-0.2, -0.15) is 0 Å². The molecule has 32 heavy (non-hydrogen) atoms. The molecule has 0 aliphatic carbocycles. The Morgan fingerprint density at radius 2 is 1.84 bits per heavy atom. The molecule has 0 saturated carbocycles. The monoisotopic (exact) mass is 438 g/mol. The van der Waals surface area contributed by atoms with Crippen molar-refractivity contribution in [3.63, 3.8) is 0 Å². The van der Waals surface area contributed by atoms with Crippen molar-refractivity contribution in [3.8, 4) is 11.3 Å². The highest BCUT2D eigenvalue weighted by molar-refractivity contribution is 5.76. The first kappa shape index (κ1) is 21.0. The number of rotatable bonds is 6. The molecule has 1 N–H and O–H groups in total. The van der Waals surface area contributed by atoms with Gasteiger partial charge in [-0.15, -0.1) is 0 Å². The largest absolute Gasteiger partial charge is 0.381 e. The molecule has 1 aromatic carbocycles. The Labute approximate surface area is 185 Å². The van der Waals surface area contributed by atoms with Crippen LogP contribution in [0.1, 0.15) is 25.7 Å². The molecule has 2 aliphatic heterocycles. The van der Waals surface area contributed by atoms with Gasteiger partial charge < -0.3 is 14.8 Å². The zero-order chi connectivity index (χ0) is 21.9. The Morgan fingerprint density at radius 3 is 2.59 bits per heavy atom. The summed E-state index contributed by atoms with van der Waals surface area (Å²) in [5, 5.41) is 3.21. The summed E-state index contributed by atoms with van der Waals surface area (Å²) in [5.74, 6) is 0.375. The molecule has 2 fully saturated rings. The zero-order valence-electron chi connectivity index (χ0n) is 17.9. The maximum atomic E-state index is 13.4. The van der Waals surface area contributed by atoms with Crippen LogP contribution in [-0.4, -0.2) is 47.0 Å². The Hall–Kier alpha value is -2.84. The summed E-state index contributed by atoms with van der Waals surface area (Å²) in [6.07, 6.45) is 3.95. The summed E-state index contributed by atoms with van der Waals surface area (Å²) in [6, 6.07) is 9.93. The number of ether oxygens (including phenoxy) is 2. The van der Waals surface area contributed by atoms with Crippen LogP contribution in [0.25, 0.3) is 22.4 Å². The van der Waals surface area contributed by atoms with Crippen molar-refractivity contribution >= 4 is 17.0 Å². The van der Waals surface area contributed by atoms with Crippen LogP contribution >= 0.6 is 0 Å². The van der Waals surface area contributed by atoms with E-state index in [0.29, 0.717) is 54.9 Å². The van der Waals surface area contributed by atoms with Gasteiger partial charge >= 0.3 is 0 Å². The van der Waals surface area contributed by atoms with Gasteiger partial charge in [0.15, 0.2) is 11.5 Å². The van der Waals surface area contributed by atoms with E-state index in [1.807, 2.05) is 12.1 Å². The predicted molar refractivity (Wildman–Crippen MR) is 120 cm³/mol. The number of nitrogens with zero attached hydrogens (tertiary/aromatic N) is 3. The maximum Gasteiger partial charge on any atom is 0.294 e. The molecule has 7 nitrogen and oxygen atoms in total. The van der Waals surface area contributed by atoms with Crippen LogP contribution in [0, 0.1) is 11.7 Å². The molecule has 2 saturated heterocycles. The molecule has 2 aromatic heterocycles. The predicted octanol–water partition coefficient (Wildman–Crippen LogP) is 3.62. The number of hydrogen-bond acceptors (Lipinski definition) is 6. The van der Waals surface area contributed by atoms with E-state index in [9.17, 15) is 9.18 Å². The number of aromatic nitrogens is 3. The minimum Gasteiger partial charge on any atom is -0.381 e. The average Bonchev–Trinajstić information content (AvgIpc) is 3.34. The molecular weight excluding hydrogens is 411 g/mol. The average molecular weight is 439 g/mol. The standard InChI is InChI=1S/C24H27FN4O3/c25-18-5-3-17(4-6-18)20-7-8-21-23(28-20)29(15-16-9-12-31-13-10-16)24(30)22(27-21)26-14-19-2-1-11-32-19/h3-8,16,19H,1-2,9-15H2,(H,26,27)/t19-/m1/s1. The molecule has 8 heteroatoms. The third-order valence-electron chi connectivity index (χ3n) is 6.23. The van der Waals surface area contributed by atoms with Gasteiger partial charge in [0.25, 0.3) is 5.56 Å². The lowest BCUT2D eigenvalue weighted by molar-refractivity contribution is 0.0613. The minimum absolute atomic E-state index is 0.106. The van der Waals surface area contributed by atoms with E-state index in [1.54, 1.807) is 16.7 Å². The number of pyridine rings is 1. The number of anilines is 1. The Morgan fingerprint density at radius 1 is 1.03 bits per heavy atom. The van der Waals surface area contributed by atoms with Gasteiger partial charge in [-0.3, -0.25) is 9.36 Å². The third kappa shape index (κ3) is 4.52. The number of nitrogens with one attached hydrogen (secondary N) is 1. The fourth-order valence-corrected chi connectivity index (χ4v) is 4.39. The van der Waals surface area contributed by atoms with Crippen LogP contribution in [-0.2, 0) is 16.0 Å². The summed E-state index contributed by atoms with van der Waals surface area (Å²) in [4.78, 5) is 22.8. The second kappa shape index (κ2) is 9.34. The SMILES string of the molecule is O=c1c(NC[C@H]2CCCO2)nc2ccc(-c3ccc(F)cc3)nc2n1CC1CCOCC1. The molecule has 0 amide bonds. The second-order valence-electron chi connectivity index (χ2n) is 8.49. The highest BCUT2D eigenvalue weighted by Crippen LogP contribution is 2.23. The normalized spacial score (nSPS) is 19.5. The van der Waals surface area contributed by atoms with Crippen LogP contribution in [0.15, 0.2) is 41.2 Å². The van der Waals surface area contributed by atoms with Crippen molar-refractivity contribution in [1.82, 2.24) is 14.5 Å². The highest BCUT2D eigenvalue weighted by atomic mass is 19.1. The lowest BCUT2D eigenvalue weighted by Crippen LogP contribution is -2.32. The van der Waals surface area contributed by atoms with Crippen LogP contribution in [0.2, 0.25) is 0 Å². The van der Waals surface area contributed by atoms with Gasteiger partial charge in [-0.1, -0.05) is 0 Å². The van der Waals surface area contributed by atoms with E-state index in [-0.39, 0.29) is 17.5 Å². The van der Waals surface area contributed by atoms with Crippen LogP contribution in [0.3, 0.4) is 0 Å². The van der Waals surface area contributed by atoms with Crippen molar-refractivity contribution in [1.29, 1.82) is 0 Å². The van der Waals surface area contributed by atoms with Crippen LogP contribution in [0.5, 0.6) is 0 Å². The molecule has 2 aliphatic rings. The molecule has 0 unspecified atom stereocenters. The van der Waals surface area contributed by atoms with Crippen molar-refractivity contribution in [3.05, 3.63) is 52.6 Å². The number of fused-ring (bicyclic) bond motifs is 1. The lowest BCUT2D eigenvalue weighted by atomic mass is 10.0. The first-order chi connectivity index (χ1) is 15.7. The van der Waals surface area contributed by atoms with Crippen LogP contribution < -0.4 is 10.9 Å². The van der Waals surface area contributed by atoms with Crippen LogP contribution in [0.4, 0.5) is 10.2 Å². The van der Waals surface area contributed by atoms with E-state index >= 15 is 0 Å². The van der Waals surface area contributed by atoms with E-state index in [4.69, 9.17) is 14.5 Å². The van der Waals surface area contributed by atoms with Gasteiger partial charge in [-0.25, -0.2) is 14.4 Å². The van der Waals surface area contributed by atoms with Gasteiger partial charge in [0.05, 0.1) is 11.8 Å². The molecule has 168 valence electrons. The molecule has 0 spiro atoms.